The maximum absolute atomic E-state index is 12.3. The zero-order chi connectivity index (χ0) is 14.9. The van der Waals surface area contributed by atoms with E-state index in [1.807, 2.05) is 6.07 Å². The second-order valence-corrected chi connectivity index (χ2v) is 6.60. The highest BCUT2D eigenvalue weighted by molar-refractivity contribution is 7.16. The van der Waals surface area contributed by atoms with Gasteiger partial charge in [0.2, 0.25) is 5.91 Å². The number of likely N-dealkylation sites (tertiary alicyclic amines) is 1. The summed E-state index contributed by atoms with van der Waals surface area (Å²) in [5, 5.41) is 0. The lowest BCUT2D eigenvalue weighted by molar-refractivity contribution is -0.159. The first-order chi connectivity index (χ1) is 9.26. The summed E-state index contributed by atoms with van der Waals surface area (Å²) >= 11 is 7.23. The van der Waals surface area contributed by atoms with Crippen molar-refractivity contribution in [1.82, 2.24) is 9.80 Å². The van der Waals surface area contributed by atoms with Crippen LogP contribution in [-0.2, 0) is 11.3 Å². The fourth-order valence-corrected chi connectivity index (χ4v) is 3.45. The first-order valence-corrected chi connectivity index (χ1v) is 7.26. The Morgan fingerprint density at radius 2 is 2.20 bits per heavy atom. The first-order valence-electron chi connectivity index (χ1n) is 6.06. The molecule has 1 atom stereocenters. The second-order valence-electron chi connectivity index (χ2n) is 4.80. The monoisotopic (exact) mass is 326 g/mol. The Balaban J connectivity index is 1.95. The van der Waals surface area contributed by atoms with Crippen molar-refractivity contribution < 1.29 is 18.0 Å². The molecule has 0 unspecified atom stereocenters. The molecule has 1 aliphatic heterocycles. The number of nitrogens with zero attached hydrogens (tertiary/aromatic N) is 2. The van der Waals surface area contributed by atoms with Gasteiger partial charge in [-0.05, 0) is 25.6 Å². The number of carbonyl (C=O) groups excluding carboxylic acids is 1. The van der Waals surface area contributed by atoms with Gasteiger partial charge in [-0.2, -0.15) is 13.2 Å². The molecule has 112 valence electrons. The standard InChI is InChI=1S/C12H14ClF3N2OS/c1-17(6-8-2-3-10(13)20-8)9-4-5-18(11(9)19)7-12(14,15)16/h2-3,9H,4-7H2,1H3/t9-/m0/s1. The van der Waals surface area contributed by atoms with Crippen molar-refractivity contribution in [2.75, 3.05) is 20.1 Å². The molecule has 1 aromatic heterocycles. The molecule has 0 spiro atoms. The van der Waals surface area contributed by atoms with Crippen LogP contribution in [0.25, 0.3) is 0 Å². The molecule has 0 bridgehead atoms. The van der Waals surface area contributed by atoms with Gasteiger partial charge in [0.25, 0.3) is 0 Å². The van der Waals surface area contributed by atoms with Gasteiger partial charge >= 0.3 is 6.18 Å². The largest absolute Gasteiger partial charge is 0.406 e. The van der Waals surface area contributed by atoms with Gasteiger partial charge in [0.15, 0.2) is 0 Å². The third-order valence-corrected chi connectivity index (χ3v) is 4.42. The molecular formula is C12H14ClF3N2OS. The molecule has 1 aromatic rings. The SMILES string of the molecule is CN(Cc1ccc(Cl)s1)[C@H]1CCN(CC(F)(F)F)C1=O. The maximum atomic E-state index is 12.3. The van der Waals surface area contributed by atoms with Crippen molar-refractivity contribution >= 4 is 28.8 Å². The number of thiophene rings is 1. The molecule has 2 heterocycles. The summed E-state index contributed by atoms with van der Waals surface area (Å²) in [4.78, 5) is 15.6. The van der Waals surface area contributed by atoms with Gasteiger partial charge in [-0.3, -0.25) is 9.69 Å². The van der Waals surface area contributed by atoms with Crippen LogP contribution in [0.1, 0.15) is 11.3 Å². The topological polar surface area (TPSA) is 23.6 Å². The van der Waals surface area contributed by atoms with Gasteiger partial charge < -0.3 is 4.90 Å². The predicted molar refractivity (Wildman–Crippen MR) is 71.8 cm³/mol. The summed E-state index contributed by atoms with van der Waals surface area (Å²) < 4.78 is 37.7. The number of hydrogen-bond acceptors (Lipinski definition) is 3. The first kappa shape index (κ1) is 15.6. The lowest BCUT2D eigenvalue weighted by Gasteiger charge is -2.23. The van der Waals surface area contributed by atoms with E-state index in [0.29, 0.717) is 17.3 Å². The van der Waals surface area contributed by atoms with Crippen molar-refractivity contribution in [2.24, 2.45) is 0 Å². The highest BCUT2D eigenvalue weighted by Gasteiger charge is 2.40. The number of halogens is 4. The summed E-state index contributed by atoms with van der Waals surface area (Å²) in [6.45, 7) is -0.507. The second kappa shape index (κ2) is 5.91. The lowest BCUT2D eigenvalue weighted by Crippen LogP contribution is -2.42. The van der Waals surface area contributed by atoms with Crippen molar-refractivity contribution in [1.29, 1.82) is 0 Å². The van der Waals surface area contributed by atoms with Crippen molar-refractivity contribution in [3.63, 3.8) is 0 Å². The van der Waals surface area contributed by atoms with Crippen LogP contribution < -0.4 is 0 Å². The Labute approximate surface area is 123 Å². The third-order valence-electron chi connectivity index (χ3n) is 3.21. The zero-order valence-corrected chi connectivity index (χ0v) is 12.4. The van der Waals surface area contributed by atoms with E-state index >= 15 is 0 Å². The number of rotatable bonds is 4. The number of likely N-dealkylation sites (N-methyl/N-ethyl adjacent to an activating group) is 1. The minimum Gasteiger partial charge on any atom is -0.332 e. The lowest BCUT2D eigenvalue weighted by atomic mass is 10.2. The van der Waals surface area contributed by atoms with Gasteiger partial charge in [0.05, 0.1) is 10.4 Å². The molecule has 2 rings (SSSR count). The summed E-state index contributed by atoms with van der Waals surface area (Å²) in [5.41, 5.74) is 0. The summed E-state index contributed by atoms with van der Waals surface area (Å²) in [7, 11) is 1.74. The average molecular weight is 327 g/mol. The summed E-state index contributed by atoms with van der Waals surface area (Å²) in [6.07, 6.45) is -3.92. The Hall–Kier alpha value is -0.790. The molecule has 0 aliphatic carbocycles. The number of hydrogen-bond donors (Lipinski definition) is 0. The Morgan fingerprint density at radius 3 is 2.75 bits per heavy atom. The van der Waals surface area contributed by atoms with Crippen LogP contribution in [0.5, 0.6) is 0 Å². The minimum atomic E-state index is -4.34. The highest BCUT2D eigenvalue weighted by Crippen LogP contribution is 2.26. The highest BCUT2D eigenvalue weighted by atomic mass is 35.5. The van der Waals surface area contributed by atoms with E-state index in [9.17, 15) is 18.0 Å². The van der Waals surface area contributed by atoms with Crippen LogP contribution in [0.2, 0.25) is 4.34 Å². The van der Waals surface area contributed by atoms with E-state index in [1.165, 1.54) is 11.3 Å². The molecule has 0 aromatic carbocycles. The maximum Gasteiger partial charge on any atom is 0.406 e. The summed E-state index contributed by atoms with van der Waals surface area (Å²) in [5.74, 6) is -0.451. The van der Waals surface area contributed by atoms with E-state index in [4.69, 9.17) is 11.6 Å². The fourth-order valence-electron chi connectivity index (χ4n) is 2.30. The van der Waals surface area contributed by atoms with E-state index in [-0.39, 0.29) is 6.54 Å². The molecule has 1 aliphatic rings. The predicted octanol–water partition coefficient (Wildman–Crippen LogP) is 3.00. The number of alkyl halides is 3. The average Bonchev–Trinajstić information content (AvgIpc) is 2.85. The normalized spacial score (nSPS) is 20.2. The number of amides is 1. The molecule has 1 amide bonds. The zero-order valence-electron chi connectivity index (χ0n) is 10.8. The minimum absolute atomic E-state index is 0.151. The Bertz CT molecular complexity index is 491. The smallest absolute Gasteiger partial charge is 0.332 e. The van der Waals surface area contributed by atoms with Crippen LogP contribution in [0.15, 0.2) is 12.1 Å². The van der Waals surface area contributed by atoms with Gasteiger partial charge in [-0.1, -0.05) is 11.6 Å². The van der Waals surface area contributed by atoms with Crippen LogP contribution >= 0.6 is 22.9 Å². The fraction of sp³-hybridized carbons (Fsp3) is 0.583. The van der Waals surface area contributed by atoms with Crippen molar-refractivity contribution in [2.45, 2.75) is 25.2 Å². The third kappa shape index (κ3) is 3.86. The van der Waals surface area contributed by atoms with Crippen molar-refractivity contribution in [3.8, 4) is 0 Å². The van der Waals surface area contributed by atoms with E-state index < -0.39 is 24.7 Å². The number of carbonyl (C=O) groups is 1. The van der Waals surface area contributed by atoms with Gasteiger partial charge in [0, 0.05) is 18.0 Å². The Kier molecular flexibility index (Phi) is 4.61. The quantitative estimate of drug-likeness (QED) is 0.849. The molecular weight excluding hydrogens is 313 g/mol. The van der Waals surface area contributed by atoms with Crippen LogP contribution in [0.4, 0.5) is 13.2 Å². The molecule has 0 N–H and O–H groups in total. The van der Waals surface area contributed by atoms with E-state index in [0.717, 1.165) is 9.78 Å². The summed E-state index contributed by atoms with van der Waals surface area (Å²) in [6, 6.07) is 3.14. The van der Waals surface area contributed by atoms with Crippen molar-refractivity contribution in [3.05, 3.63) is 21.3 Å². The Morgan fingerprint density at radius 1 is 1.50 bits per heavy atom. The molecule has 1 saturated heterocycles. The van der Waals surface area contributed by atoms with Gasteiger partial charge in [-0.15, -0.1) is 11.3 Å². The van der Waals surface area contributed by atoms with Crippen LogP contribution in [-0.4, -0.2) is 48.1 Å². The molecule has 1 fully saturated rings. The molecule has 0 saturated carbocycles. The van der Waals surface area contributed by atoms with Crippen LogP contribution in [0.3, 0.4) is 0 Å². The van der Waals surface area contributed by atoms with Crippen LogP contribution in [0, 0.1) is 0 Å². The van der Waals surface area contributed by atoms with Gasteiger partial charge in [0.1, 0.15) is 6.54 Å². The molecule has 3 nitrogen and oxygen atoms in total. The van der Waals surface area contributed by atoms with Gasteiger partial charge in [-0.25, -0.2) is 0 Å². The molecule has 0 radical (unpaired) electrons. The molecule has 8 heteroatoms. The molecule has 20 heavy (non-hydrogen) atoms. The van der Waals surface area contributed by atoms with E-state index in [1.54, 1.807) is 18.0 Å². The van der Waals surface area contributed by atoms with E-state index in [2.05, 4.69) is 0 Å².